The lowest BCUT2D eigenvalue weighted by Gasteiger charge is -2.40. The number of amides is 1. The van der Waals surface area contributed by atoms with Crippen LogP contribution in [0.5, 0.6) is 0 Å². The number of ether oxygens (including phenoxy) is 1. The summed E-state index contributed by atoms with van der Waals surface area (Å²) in [4.78, 5) is 13.9. The van der Waals surface area contributed by atoms with Crippen molar-refractivity contribution in [1.29, 1.82) is 0 Å². The van der Waals surface area contributed by atoms with Crippen molar-refractivity contribution in [2.75, 3.05) is 0 Å². The molecule has 0 heterocycles. The predicted octanol–water partition coefficient (Wildman–Crippen LogP) is 5.16. The molecule has 0 aromatic heterocycles. The van der Waals surface area contributed by atoms with Gasteiger partial charge >= 0.3 is 6.09 Å². The van der Waals surface area contributed by atoms with Crippen molar-refractivity contribution in [3.8, 4) is 0 Å². The van der Waals surface area contributed by atoms with E-state index in [1.807, 2.05) is 41.5 Å². The van der Waals surface area contributed by atoms with Gasteiger partial charge < -0.3 is 19.2 Å². The minimum Gasteiger partial charge on any atom is -0.418 e. The Morgan fingerprint density at radius 2 is 1.50 bits per heavy atom. The van der Waals surface area contributed by atoms with E-state index >= 15 is 0 Å². The third-order valence-electron chi connectivity index (χ3n) is 5.18. The molecular formula is C20H41NO4Si. The molecule has 1 amide bonds. The first-order valence-electron chi connectivity index (χ1n) is 9.63. The maximum Gasteiger partial charge on any atom is 0.415 e. The number of hydrogen-bond acceptors (Lipinski definition) is 4. The van der Waals surface area contributed by atoms with E-state index < -0.39 is 14.4 Å². The van der Waals surface area contributed by atoms with Crippen LogP contribution in [0.3, 0.4) is 0 Å². The molecule has 0 bridgehead atoms. The number of hydrogen-bond donors (Lipinski definition) is 1. The van der Waals surface area contributed by atoms with Crippen molar-refractivity contribution < 1.29 is 19.1 Å². The maximum absolute atomic E-state index is 12.2. The van der Waals surface area contributed by atoms with Gasteiger partial charge in [0.05, 0.1) is 18.5 Å². The van der Waals surface area contributed by atoms with E-state index in [1.165, 1.54) is 6.26 Å². The lowest BCUT2D eigenvalue weighted by molar-refractivity contribution is 0.0162. The minimum absolute atomic E-state index is 0.0666. The lowest BCUT2D eigenvalue weighted by atomic mass is 10.0. The van der Waals surface area contributed by atoms with Gasteiger partial charge in [0.2, 0.25) is 0 Å². The van der Waals surface area contributed by atoms with Crippen LogP contribution in [0.25, 0.3) is 0 Å². The first-order valence-corrected chi connectivity index (χ1v) is 12.5. The molecule has 0 aliphatic heterocycles. The van der Waals surface area contributed by atoms with Gasteiger partial charge in [0.1, 0.15) is 0 Å². The first kappa shape index (κ1) is 25.1. The molecule has 0 aliphatic rings. The zero-order valence-corrected chi connectivity index (χ0v) is 19.7. The molecule has 3 atom stereocenters. The number of nitrogens with zero attached hydrogens (tertiary/aromatic N) is 1. The summed E-state index contributed by atoms with van der Waals surface area (Å²) in [5, 5.41) is 10.7. The van der Waals surface area contributed by atoms with Gasteiger partial charge in [0, 0.05) is 18.0 Å². The highest BCUT2D eigenvalue weighted by molar-refractivity contribution is 6.74. The smallest absolute Gasteiger partial charge is 0.415 e. The predicted molar refractivity (Wildman–Crippen MR) is 111 cm³/mol. The van der Waals surface area contributed by atoms with E-state index in [-0.39, 0.29) is 35.2 Å². The third kappa shape index (κ3) is 7.41. The topological polar surface area (TPSA) is 59.0 Å². The number of carbonyl (C=O) groups excluding carboxylic acids is 1. The second kappa shape index (κ2) is 9.90. The summed E-state index contributed by atoms with van der Waals surface area (Å²) in [6, 6.07) is 0.133. The van der Waals surface area contributed by atoms with Crippen molar-refractivity contribution >= 4 is 14.4 Å². The third-order valence-corrected chi connectivity index (χ3v) is 9.75. The second-order valence-corrected chi connectivity index (χ2v) is 14.0. The zero-order valence-electron chi connectivity index (χ0n) is 18.7. The molecule has 0 rings (SSSR count). The van der Waals surface area contributed by atoms with Crippen LogP contribution >= 0.6 is 0 Å². The van der Waals surface area contributed by atoms with Gasteiger partial charge in [-0.3, -0.25) is 0 Å². The Morgan fingerprint density at radius 1 is 1.04 bits per heavy atom. The molecule has 26 heavy (non-hydrogen) atoms. The number of aliphatic hydroxyl groups excluding tert-OH is 1. The monoisotopic (exact) mass is 387 g/mol. The molecular weight excluding hydrogens is 346 g/mol. The molecule has 0 saturated carbocycles. The first-order chi connectivity index (χ1) is 11.6. The molecule has 1 N–H and O–H groups in total. The Kier molecular flexibility index (Phi) is 9.58. The highest BCUT2D eigenvalue weighted by Crippen LogP contribution is 2.37. The van der Waals surface area contributed by atoms with Crippen LogP contribution in [0.4, 0.5) is 4.79 Å². The van der Waals surface area contributed by atoms with Gasteiger partial charge in [0.25, 0.3) is 0 Å². The van der Waals surface area contributed by atoms with Crippen LogP contribution in [0, 0.1) is 5.92 Å². The van der Waals surface area contributed by atoms with Crippen LogP contribution in [-0.4, -0.2) is 48.7 Å². The van der Waals surface area contributed by atoms with E-state index in [2.05, 4.69) is 33.9 Å². The highest BCUT2D eigenvalue weighted by Gasteiger charge is 2.40. The van der Waals surface area contributed by atoms with Gasteiger partial charge in [-0.2, -0.15) is 0 Å². The number of carbonyl (C=O) groups is 1. The van der Waals surface area contributed by atoms with E-state index in [9.17, 15) is 9.90 Å². The fourth-order valence-electron chi connectivity index (χ4n) is 2.55. The average Bonchev–Trinajstić information content (AvgIpc) is 2.43. The molecule has 6 heteroatoms. The summed E-state index contributed by atoms with van der Waals surface area (Å²) in [5.41, 5.74) is 0. The number of aliphatic hydroxyl groups is 1. The standard InChI is InChI=1S/C20H41NO4Si/c1-14(2)21(15(3)4)19(23)24-13-12-16(5)18(22)17(6)25-26(10,11)20(7,8)9/h12-18,22H,1-11H3/b13-12-/t16-,17-,18-/m0/s1. The molecule has 154 valence electrons. The second-order valence-electron chi connectivity index (χ2n) is 9.24. The van der Waals surface area contributed by atoms with E-state index in [0.717, 1.165) is 0 Å². The molecule has 0 aromatic carbocycles. The van der Waals surface area contributed by atoms with Crippen molar-refractivity contribution in [2.24, 2.45) is 5.92 Å². The Labute approximate surface area is 161 Å². The fourth-order valence-corrected chi connectivity index (χ4v) is 3.98. The largest absolute Gasteiger partial charge is 0.418 e. The SMILES string of the molecule is CC(C)N(C(=O)O/C=C\[C@H](C)[C@H](O)[C@H](C)O[Si](C)(C)C(C)(C)C)C(C)C. The quantitative estimate of drug-likeness (QED) is 0.461. The Balaban J connectivity index is 4.78. The minimum atomic E-state index is -1.94. The molecule has 0 aliphatic carbocycles. The summed E-state index contributed by atoms with van der Waals surface area (Å²) in [6.45, 7) is 22.5. The van der Waals surface area contributed by atoms with Crippen LogP contribution in [0.2, 0.25) is 18.1 Å². The van der Waals surface area contributed by atoms with Crippen molar-refractivity contribution in [1.82, 2.24) is 4.90 Å². The van der Waals surface area contributed by atoms with Crippen molar-refractivity contribution in [3.05, 3.63) is 12.3 Å². The average molecular weight is 388 g/mol. The van der Waals surface area contributed by atoms with Gasteiger partial charge in [0.15, 0.2) is 8.32 Å². The van der Waals surface area contributed by atoms with Crippen molar-refractivity contribution in [2.45, 2.75) is 105 Å². The number of rotatable bonds is 8. The van der Waals surface area contributed by atoms with Gasteiger partial charge in [-0.1, -0.05) is 27.7 Å². The van der Waals surface area contributed by atoms with Crippen LogP contribution in [-0.2, 0) is 9.16 Å². The zero-order chi connectivity index (χ0) is 20.9. The van der Waals surface area contributed by atoms with Crippen molar-refractivity contribution in [3.63, 3.8) is 0 Å². The molecule has 0 aromatic rings. The van der Waals surface area contributed by atoms with Crippen LogP contribution < -0.4 is 0 Å². The van der Waals surface area contributed by atoms with Crippen LogP contribution in [0.15, 0.2) is 12.3 Å². The Hall–Kier alpha value is -0.853. The summed E-state index contributed by atoms with van der Waals surface area (Å²) in [5.74, 6) is -0.186. The normalized spacial score (nSPS) is 16.8. The summed E-state index contributed by atoms with van der Waals surface area (Å²) in [6.07, 6.45) is 1.78. The molecule has 0 unspecified atom stereocenters. The van der Waals surface area contributed by atoms with Gasteiger partial charge in [-0.05, 0) is 58.8 Å². The summed E-state index contributed by atoms with van der Waals surface area (Å²) in [7, 11) is -1.94. The van der Waals surface area contributed by atoms with E-state index in [4.69, 9.17) is 9.16 Å². The molecule has 0 saturated heterocycles. The maximum atomic E-state index is 12.2. The summed E-state index contributed by atoms with van der Waals surface area (Å²) < 4.78 is 11.5. The Bertz CT molecular complexity index is 461. The molecule has 5 nitrogen and oxygen atoms in total. The van der Waals surface area contributed by atoms with E-state index in [1.54, 1.807) is 11.0 Å². The lowest BCUT2D eigenvalue weighted by Crippen LogP contribution is -2.47. The summed E-state index contributed by atoms with van der Waals surface area (Å²) >= 11 is 0. The van der Waals surface area contributed by atoms with Gasteiger partial charge in [-0.15, -0.1) is 0 Å². The molecule has 0 fully saturated rings. The molecule has 0 spiro atoms. The van der Waals surface area contributed by atoms with E-state index in [0.29, 0.717) is 0 Å². The van der Waals surface area contributed by atoms with Gasteiger partial charge in [-0.25, -0.2) is 4.79 Å². The highest BCUT2D eigenvalue weighted by atomic mass is 28.4. The fraction of sp³-hybridized carbons (Fsp3) is 0.850. The molecule has 0 radical (unpaired) electrons. The van der Waals surface area contributed by atoms with Crippen LogP contribution in [0.1, 0.15) is 62.3 Å². The Morgan fingerprint density at radius 3 is 1.88 bits per heavy atom.